The molecule has 78 valence electrons. The highest BCUT2D eigenvalue weighted by atomic mass is 16.2. The number of carbonyl (C=O) groups excluding carboxylic acids is 2. The topological polar surface area (TPSA) is 49.4 Å². The molecular weight excluding hydrogens is 180 g/mol. The second kappa shape index (κ2) is 2.49. The van der Waals surface area contributed by atoms with E-state index in [0.29, 0.717) is 0 Å². The van der Waals surface area contributed by atoms with Gasteiger partial charge in [-0.1, -0.05) is 6.92 Å². The Labute approximate surface area is 83.6 Å². The first-order valence-corrected chi connectivity index (χ1v) is 4.98. The maximum Gasteiger partial charge on any atom is 0.241 e. The van der Waals surface area contributed by atoms with Gasteiger partial charge in [0, 0.05) is 5.41 Å². The average Bonchev–Trinajstić information content (AvgIpc) is 2.72. The van der Waals surface area contributed by atoms with Gasteiger partial charge in [0.25, 0.3) is 0 Å². The molecule has 1 heterocycles. The molecule has 1 saturated heterocycles. The molecule has 0 atom stereocenters. The lowest BCUT2D eigenvalue weighted by Gasteiger charge is -2.32. The fourth-order valence-corrected chi connectivity index (χ4v) is 1.84. The molecule has 4 nitrogen and oxygen atoms in total. The first kappa shape index (κ1) is 9.49. The minimum Gasteiger partial charge on any atom is -0.332 e. The fourth-order valence-electron chi connectivity index (χ4n) is 1.84. The van der Waals surface area contributed by atoms with Crippen molar-refractivity contribution in [3.63, 3.8) is 0 Å². The Morgan fingerprint density at radius 3 is 2.29 bits per heavy atom. The van der Waals surface area contributed by atoms with Crippen LogP contribution in [0.5, 0.6) is 0 Å². The summed E-state index contributed by atoms with van der Waals surface area (Å²) in [5.41, 5.74) is -0.705. The third kappa shape index (κ3) is 1.29. The Bertz CT molecular complexity index is 305. The van der Waals surface area contributed by atoms with Crippen molar-refractivity contribution in [2.75, 3.05) is 6.54 Å². The molecule has 0 spiro atoms. The first-order chi connectivity index (χ1) is 6.35. The van der Waals surface area contributed by atoms with Crippen LogP contribution in [0.1, 0.15) is 33.6 Å². The zero-order chi connectivity index (χ0) is 10.6. The fraction of sp³-hybridized carbons (Fsp3) is 0.800. The van der Waals surface area contributed by atoms with Crippen molar-refractivity contribution in [3.8, 4) is 0 Å². The largest absolute Gasteiger partial charge is 0.332 e. The second-order valence-corrected chi connectivity index (χ2v) is 5.06. The van der Waals surface area contributed by atoms with Crippen LogP contribution in [-0.2, 0) is 9.59 Å². The molecule has 2 rings (SSSR count). The van der Waals surface area contributed by atoms with Crippen molar-refractivity contribution < 1.29 is 9.59 Å². The van der Waals surface area contributed by atoms with E-state index in [2.05, 4.69) is 5.32 Å². The molecular formula is C10H16N2O2. The molecule has 1 saturated carbocycles. The van der Waals surface area contributed by atoms with E-state index >= 15 is 0 Å². The molecule has 14 heavy (non-hydrogen) atoms. The maximum absolute atomic E-state index is 12.0. The summed E-state index contributed by atoms with van der Waals surface area (Å²) in [7, 11) is 0. The molecule has 0 radical (unpaired) electrons. The van der Waals surface area contributed by atoms with Gasteiger partial charge in [0.15, 0.2) is 0 Å². The lowest BCUT2D eigenvalue weighted by atomic mass is 10.1. The molecule has 2 aliphatic rings. The lowest BCUT2D eigenvalue weighted by Crippen LogP contribution is -2.51. The highest BCUT2D eigenvalue weighted by Gasteiger charge is 2.52. The van der Waals surface area contributed by atoms with Crippen LogP contribution in [0.3, 0.4) is 0 Å². The van der Waals surface area contributed by atoms with Gasteiger partial charge >= 0.3 is 0 Å². The summed E-state index contributed by atoms with van der Waals surface area (Å²) in [5.74, 6) is 0.0495. The molecule has 0 aromatic rings. The zero-order valence-electron chi connectivity index (χ0n) is 8.89. The molecule has 0 aromatic carbocycles. The smallest absolute Gasteiger partial charge is 0.241 e. The van der Waals surface area contributed by atoms with Crippen LogP contribution in [0.2, 0.25) is 0 Å². The number of nitrogens with one attached hydrogen (secondary N) is 1. The molecule has 1 N–H and O–H groups in total. The predicted molar refractivity (Wildman–Crippen MR) is 51.3 cm³/mol. The van der Waals surface area contributed by atoms with Gasteiger partial charge in [-0.25, -0.2) is 0 Å². The van der Waals surface area contributed by atoms with Crippen molar-refractivity contribution in [1.82, 2.24) is 10.2 Å². The van der Waals surface area contributed by atoms with Gasteiger partial charge in [0.05, 0.1) is 0 Å². The van der Waals surface area contributed by atoms with E-state index in [0.717, 1.165) is 12.8 Å². The SMILES string of the molecule is CC1(C(=O)N2CC(=O)NC2(C)C)CC1. The van der Waals surface area contributed by atoms with Gasteiger partial charge < -0.3 is 10.2 Å². The van der Waals surface area contributed by atoms with Gasteiger partial charge in [0.2, 0.25) is 11.8 Å². The molecule has 0 aromatic heterocycles. The normalized spacial score (nSPS) is 27.4. The van der Waals surface area contributed by atoms with E-state index < -0.39 is 5.66 Å². The number of hydrogen-bond donors (Lipinski definition) is 1. The third-order valence-electron chi connectivity index (χ3n) is 3.18. The second-order valence-electron chi connectivity index (χ2n) is 5.06. The van der Waals surface area contributed by atoms with E-state index in [-0.39, 0.29) is 23.8 Å². The van der Waals surface area contributed by atoms with Crippen molar-refractivity contribution >= 4 is 11.8 Å². The van der Waals surface area contributed by atoms with E-state index in [1.165, 1.54) is 0 Å². The highest BCUT2D eigenvalue weighted by Crippen LogP contribution is 2.47. The van der Waals surface area contributed by atoms with Crippen molar-refractivity contribution in [2.45, 2.75) is 39.3 Å². The molecule has 1 aliphatic heterocycles. The van der Waals surface area contributed by atoms with Gasteiger partial charge in [0.1, 0.15) is 12.2 Å². The summed E-state index contributed by atoms with van der Waals surface area (Å²) < 4.78 is 0. The van der Waals surface area contributed by atoms with E-state index in [1.807, 2.05) is 20.8 Å². The molecule has 2 amide bonds. The summed E-state index contributed by atoms with van der Waals surface area (Å²) >= 11 is 0. The predicted octanol–water partition coefficient (Wildman–Crippen LogP) is 0.481. The average molecular weight is 196 g/mol. The highest BCUT2D eigenvalue weighted by molar-refractivity contribution is 5.92. The van der Waals surface area contributed by atoms with Gasteiger partial charge in [-0.15, -0.1) is 0 Å². The number of carbonyl (C=O) groups is 2. The summed E-state index contributed by atoms with van der Waals surface area (Å²) in [6.07, 6.45) is 1.90. The lowest BCUT2D eigenvalue weighted by molar-refractivity contribution is -0.140. The quantitative estimate of drug-likeness (QED) is 0.663. The Morgan fingerprint density at radius 2 is 1.93 bits per heavy atom. The number of rotatable bonds is 1. The van der Waals surface area contributed by atoms with Crippen LogP contribution in [0.4, 0.5) is 0 Å². The van der Waals surface area contributed by atoms with Crippen molar-refractivity contribution in [1.29, 1.82) is 0 Å². The van der Waals surface area contributed by atoms with Crippen molar-refractivity contribution in [3.05, 3.63) is 0 Å². The number of amides is 2. The zero-order valence-corrected chi connectivity index (χ0v) is 8.89. The molecule has 0 bridgehead atoms. The van der Waals surface area contributed by atoms with Gasteiger partial charge in [-0.3, -0.25) is 9.59 Å². The van der Waals surface area contributed by atoms with Crippen LogP contribution in [0.15, 0.2) is 0 Å². The van der Waals surface area contributed by atoms with Crippen LogP contribution < -0.4 is 5.32 Å². The minimum atomic E-state index is -0.514. The van der Waals surface area contributed by atoms with E-state index in [1.54, 1.807) is 4.90 Å². The molecule has 1 aliphatic carbocycles. The van der Waals surface area contributed by atoms with Crippen LogP contribution in [0, 0.1) is 5.41 Å². The summed E-state index contributed by atoms with van der Waals surface area (Å²) in [4.78, 5) is 24.9. The Kier molecular flexibility index (Phi) is 1.69. The maximum atomic E-state index is 12.0. The van der Waals surface area contributed by atoms with Crippen LogP contribution in [-0.4, -0.2) is 28.9 Å². The Morgan fingerprint density at radius 1 is 1.36 bits per heavy atom. The molecule has 4 heteroatoms. The van der Waals surface area contributed by atoms with Crippen LogP contribution >= 0.6 is 0 Å². The summed E-state index contributed by atoms with van der Waals surface area (Å²) in [6.45, 7) is 5.90. The Balaban J connectivity index is 2.18. The molecule has 2 fully saturated rings. The van der Waals surface area contributed by atoms with Gasteiger partial charge in [-0.2, -0.15) is 0 Å². The third-order valence-corrected chi connectivity index (χ3v) is 3.18. The molecule has 0 unspecified atom stereocenters. The standard InChI is InChI=1S/C10H16N2O2/c1-9(2)11-7(13)6-12(9)8(14)10(3)4-5-10/h4-6H2,1-3H3,(H,11,13). The Hall–Kier alpha value is -1.06. The van der Waals surface area contributed by atoms with Crippen molar-refractivity contribution in [2.24, 2.45) is 5.41 Å². The summed E-state index contributed by atoms with van der Waals surface area (Å²) in [5, 5.41) is 2.79. The van der Waals surface area contributed by atoms with Gasteiger partial charge in [-0.05, 0) is 26.7 Å². The van der Waals surface area contributed by atoms with E-state index in [4.69, 9.17) is 0 Å². The first-order valence-electron chi connectivity index (χ1n) is 4.98. The summed E-state index contributed by atoms with van der Waals surface area (Å²) in [6, 6.07) is 0. The number of nitrogens with zero attached hydrogens (tertiary/aromatic N) is 1. The van der Waals surface area contributed by atoms with E-state index in [9.17, 15) is 9.59 Å². The minimum absolute atomic E-state index is 0.0624. The monoisotopic (exact) mass is 196 g/mol. The number of hydrogen-bond acceptors (Lipinski definition) is 2. The van der Waals surface area contributed by atoms with Crippen LogP contribution in [0.25, 0.3) is 0 Å².